The maximum atomic E-state index is 12.3. The van der Waals surface area contributed by atoms with Gasteiger partial charge in [0.25, 0.3) is 5.91 Å². The first kappa shape index (κ1) is 16.9. The molecule has 0 unspecified atom stereocenters. The number of ether oxygens (including phenoxy) is 1. The Kier molecular flexibility index (Phi) is 5.11. The van der Waals surface area contributed by atoms with E-state index in [9.17, 15) is 9.59 Å². The van der Waals surface area contributed by atoms with E-state index in [1.165, 1.54) is 0 Å². The Morgan fingerprint density at radius 3 is 2.79 bits per heavy atom. The number of nitrogens with zero attached hydrogens (tertiary/aromatic N) is 3. The molecule has 0 bridgehead atoms. The highest BCUT2D eigenvalue weighted by Gasteiger charge is 2.38. The molecule has 3 heterocycles. The molecule has 0 aromatic carbocycles. The van der Waals surface area contributed by atoms with Crippen molar-refractivity contribution in [1.29, 1.82) is 0 Å². The number of amides is 2. The van der Waals surface area contributed by atoms with Crippen molar-refractivity contribution in [3.63, 3.8) is 0 Å². The predicted octanol–water partition coefficient (Wildman–Crippen LogP) is 0.131. The van der Waals surface area contributed by atoms with Crippen molar-refractivity contribution >= 4 is 11.8 Å². The molecule has 3 atom stereocenters. The van der Waals surface area contributed by atoms with Gasteiger partial charge in [-0.15, -0.1) is 0 Å². The van der Waals surface area contributed by atoms with E-state index in [4.69, 9.17) is 4.74 Å². The van der Waals surface area contributed by atoms with E-state index in [0.29, 0.717) is 24.6 Å². The van der Waals surface area contributed by atoms with Crippen molar-refractivity contribution in [3.05, 3.63) is 30.1 Å². The Labute approximate surface area is 142 Å². The molecule has 2 fully saturated rings. The van der Waals surface area contributed by atoms with Crippen LogP contribution in [0.5, 0.6) is 0 Å². The lowest BCUT2D eigenvalue weighted by molar-refractivity contribution is -0.134. The van der Waals surface area contributed by atoms with Crippen LogP contribution in [0, 0.1) is 0 Å². The minimum Gasteiger partial charge on any atom is -0.375 e. The van der Waals surface area contributed by atoms with Crippen molar-refractivity contribution in [1.82, 2.24) is 20.1 Å². The Morgan fingerprint density at radius 1 is 1.33 bits per heavy atom. The minimum atomic E-state index is -0.0671. The van der Waals surface area contributed by atoms with Crippen LogP contribution in [0.2, 0.25) is 0 Å². The molecule has 1 aromatic rings. The number of carbonyl (C=O) groups is 2. The highest BCUT2D eigenvalue weighted by atomic mass is 16.5. The molecule has 24 heavy (non-hydrogen) atoms. The zero-order valence-corrected chi connectivity index (χ0v) is 14.1. The topological polar surface area (TPSA) is 74.8 Å². The number of carbonyl (C=O) groups excluding carboxylic acids is 2. The minimum absolute atomic E-state index is 0.0641. The summed E-state index contributed by atoms with van der Waals surface area (Å²) in [5.41, 5.74) is 0.626. The molecule has 0 radical (unpaired) electrons. The van der Waals surface area contributed by atoms with Gasteiger partial charge in [-0.25, -0.2) is 0 Å². The van der Waals surface area contributed by atoms with Crippen LogP contribution in [0.15, 0.2) is 24.5 Å². The summed E-state index contributed by atoms with van der Waals surface area (Å²) in [4.78, 5) is 31.9. The third kappa shape index (κ3) is 3.91. The van der Waals surface area contributed by atoms with Gasteiger partial charge >= 0.3 is 0 Å². The summed E-state index contributed by atoms with van der Waals surface area (Å²) in [7, 11) is 3.52. The van der Waals surface area contributed by atoms with Crippen molar-refractivity contribution in [2.24, 2.45) is 0 Å². The van der Waals surface area contributed by atoms with Gasteiger partial charge in [-0.1, -0.05) is 0 Å². The van der Waals surface area contributed by atoms with E-state index in [1.807, 2.05) is 0 Å². The lowest BCUT2D eigenvalue weighted by atomic mass is 10.1. The van der Waals surface area contributed by atoms with E-state index >= 15 is 0 Å². The van der Waals surface area contributed by atoms with Crippen molar-refractivity contribution in [3.8, 4) is 0 Å². The number of morpholine rings is 1. The van der Waals surface area contributed by atoms with E-state index in [1.54, 1.807) is 43.5 Å². The second-order valence-corrected chi connectivity index (χ2v) is 6.70. The number of hydrogen-bond acceptors (Lipinski definition) is 5. The summed E-state index contributed by atoms with van der Waals surface area (Å²) in [6.45, 7) is 2.16. The van der Waals surface area contributed by atoms with Gasteiger partial charge in [0.15, 0.2) is 0 Å². The molecular formula is C17H24N4O3. The highest BCUT2D eigenvalue weighted by molar-refractivity contribution is 5.94. The van der Waals surface area contributed by atoms with Crippen LogP contribution >= 0.6 is 0 Å². The molecule has 130 valence electrons. The van der Waals surface area contributed by atoms with Crippen LogP contribution in [-0.2, 0) is 9.53 Å². The summed E-state index contributed by atoms with van der Waals surface area (Å²) in [5.74, 6) is 0.0164. The van der Waals surface area contributed by atoms with Gasteiger partial charge in [0.1, 0.15) is 0 Å². The number of nitrogens with one attached hydrogen (secondary N) is 1. The van der Waals surface area contributed by atoms with Crippen LogP contribution in [0.4, 0.5) is 0 Å². The van der Waals surface area contributed by atoms with Gasteiger partial charge in [-0.05, 0) is 18.6 Å². The third-order valence-corrected chi connectivity index (χ3v) is 4.67. The average molecular weight is 332 g/mol. The number of fused-ring (bicyclic) bond motifs is 1. The summed E-state index contributed by atoms with van der Waals surface area (Å²) in [6, 6.07) is 3.86. The van der Waals surface area contributed by atoms with E-state index in [2.05, 4.69) is 15.2 Å². The Hall–Kier alpha value is -1.99. The van der Waals surface area contributed by atoms with Crippen molar-refractivity contribution in [2.45, 2.75) is 31.0 Å². The summed E-state index contributed by atoms with van der Waals surface area (Å²) in [5, 5.41) is 3.09. The molecule has 2 saturated heterocycles. The summed E-state index contributed by atoms with van der Waals surface area (Å²) in [6.07, 6.45) is 4.46. The first-order valence-electron chi connectivity index (χ1n) is 8.29. The Morgan fingerprint density at radius 2 is 2.08 bits per heavy atom. The molecule has 2 amide bonds. The van der Waals surface area contributed by atoms with Gasteiger partial charge in [0, 0.05) is 57.2 Å². The van der Waals surface area contributed by atoms with E-state index < -0.39 is 0 Å². The van der Waals surface area contributed by atoms with Gasteiger partial charge in [0.2, 0.25) is 5.91 Å². The lowest BCUT2D eigenvalue weighted by Gasteiger charge is -2.35. The predicted molar refractivity (Wildman–Crippen MR) is 88.5 cm³/mol. The molecule has 1 N–H and O–H groups in total. The fraction of sp³-hybridized carbons (Fsp3) is 0.588. The highest BCUT2D eigenvalue weighted by Crippen LogP contribution is 2.24. The maximum absolute atomic E-state index is 12.3. The van der Waals surface area contributed by atoms with Gasteiger partial charge in [0.05, 0.1) is 19.1 Å². The molecule has 2 aliphatic rings. The largest absolute Gasteiger partial charge is 0.375 e. The fourth-order valence-corrected chi connectivity index (χ4v) is 3.32. The number of pyridine rings is 1. The quantitative estimate of drug-likeness (QED) is 0.848. The van der Waals surface area contributed by atoms with E-state index in [0.717, 1.165) is 19.5 Å². The van der Waals surface area contributed by atoms with Crippen LogP contribution in [0.1, 0.15) is 23.2 Å². The van der Waals surface area contributed by atoms with Crippen molar-refractivity contribution in [2.75, 3.05) is 33.8 Å². The molecule has 1 aromatic heterocycles. The van der Waals surface area contributed by atoms with Gasteiger partial charge in [-0.3, -0.25) is 19.5 Å². The number of hydrogen-bond donors (Lipinski definition) is 1. The summed E-state index contributed by atoms with van der Waals surface area (Å²) >= 11 is 0. The van der Waals surface area contributed by atoms with Crippen molar-refractivity contribution < 1.29 is 14.3 Å². The monoisotopic (exact) mass is 332 g/mol. The van der Waals surface area contributed by atoms with Crippen LogP contribution in [0.3, 0.4) is 0 Å². The molecule has 2 aliphatic heterocycles. The van der Waals surface area contributed by atoms with Crippen LogP contribution in [-0.4, -0.2) is 78.6 Å². The smallest absolute Gasteiger partial charge is 0.251 e. The zero-order valence-electron chi connectivity index (χ0n) is 14.1. The molecule has 0 spiro atoms. The zero-order chi connectivity index (χ0) is 17.1. The SMILES string of the molecule is CN(C)C(=O)C[C@H]1CN2C[C@H](NC(=O)c3ccncc3)C[C@H]2CO1. The summed E-state index contributed by atoms with van der Waals surface area (Å²) < 4.78 is 5.84. The van der Waals surface area contributed by atoms with Gasteiger partial charge < -0.3 is 15.0 Å². The molecule has 7 nitrogen and oxygen atoms in total. The van der Waals surface area contributed by atoms with Gasteiger partial charge in [-0.2, -0.15) is 0 Å². The molecule has 0 saturated carbocycles. The second-order valence-electron chi connectivity index (χ2n) is 6.70. The maximum Gasteiger partial charge on any atom is 0.251 e. The Balaban J connectivity index is 1.52. The molecule has 3 rings (SSSR count). The average Bonchev–Trinajstić information content (AvgIpc) is 2.97. The molecular weight excluding hydrogens is 308 g/mol. The first-order chi connectivity index (χ1) is 11.5. The molecule has 7 heteroatoms. The standard InChI is InChI=1S/C17H24N4O3/c1-20(2)16(22)8-15-10-21-9-13(7-14(21)11-24-15)19-17(23)12-3-5-18-6-4-12/h3-6,13-15H,7-11H2,1-2H3,(H,19,23)/t13-,14+,15+/m1/s1. The number of aromatic nitrogens is 1. The molecule has 0 aliphatic carbocycles. The normalized spacial score (nSPS) is 26.7. The second kappa shape index (κ2) is 7.27. The van der Waals surface area contributed by atoms with Crippen LogP contribution < -0.4 is 5.32 Å². The van der Waals surface area contributed by atoms with Crippen LogP contribution in [0.25, 0.3) is 0 Å². The first-order valence-corrected chi connectivity index (χ1v) is 8.29. The van der Waals surface area contributed by atoms with E-state index in [-0.39, 0.29) is 24.0 Å². The third-order valence-electron chi connectivity index (χ3n) is 4.67. The fourth-order valence-electron chi connectivity index (χ4n) is 3.32. The lowest BCUT2D eigenvalue weighted by Crippen LogP contribution is -2.47. The number of rotatable bonds is 4. The Bertz CT molecular complexity index is 593.